The number of nitrogens with one attached hydrogen (secondary N) is 2. The Morgan fingerprint density at radius 1 is 0.765 bits per heavy atom. The van der Waals surface area contributed by atoms with Crippen molar-refractivity contribution in [1.29, 1.82) is 0 Å². The second-order valence-electron chi connectivity index (χ2n) is 7.71. The number of carbonyl (C=O) groups is 3. The van der Waals surface area contributed by atoms with Crippen LogP contribution in [0.2, 0.25) is 0 Å². The van der Waals surface area contributed by atoms with Crippen LogP contribution in [-0.2, 0) is 33.8 Å². The summed E-state index contributed by atoms with van der Waals surface area (Å²) in [5, 5.41) is 5.10. The van der Waals surface area contributed by atoms with Crippen molar-refractivity contribution < 1.29 is 23.5 Å². The second-order valence-corrected chi connectivity index (χ2v) is 7.71. The molecule has 8 heteroatoms. The quantitative estimate of drug-likeness (QED) is 0.429. The van der Waals surface area contributed by atoms with Gasteiger partial charge in [-0.05, 0) is 22.8 Å². The molecule has 7 nitrogen and oxygen atoms in total. The summed E-state index contributed by atoms with van der Waals surface area (Å²) in [6.07, 6.45) is -0.757. The number of amides is 3. The zero-order valence-corrected chi connectivity index (χ0v) is 18.4. The molecule has 0 unspecified atom stereocenters. The minimum atomic E-state index is -1.16. The Morgan fingerprint density at radius 2 is 1.35 bits per heavy atom. The molecule has 0 aliphatic carbocycles. The topological polar surface area (TPSA) is 111 Å². The van der Waals surface area contributed by atoms with E-state index in [2.05, 4.69) is 10.6 Å². The van der Waals surface area contributed by atoms with Crippen LogP contribution in [0.1, 0.15) is 16.7 Å². The summed E-state index contributed by atoms with van der Waals surface area (Å²) in [5.41, 5.74) is 7.28. The number of carbonyl (C=O) groups excluding carboxylic acids is 3. The van der Waals surface area contributed by atoms with E-state index in [1.165, 1.54) is 18.2 Å². The first-order valence-electron chi connectivity index (χ1n) is 10.8. The molecule has 176 valence electrons. The minimum absolute atomic E-state index is 0.0313. The number of rotatable bonds is 10. The fraction of sp³-hybridized carbons (Fsp3) is 0.192. The van der Waals surface area contributed by atoms with Gasteiger partial charge in [-0.1, -0.05) is 78.9 Å². The molecule has 3 rings (SSSR count). The van der Waals surface area contributed by atoms with Crippen molar-refractivity contribution >= 4 is 17.9 Å². The van der Waals surface area contributed by atoms with E-state index in [4.69, 9.17) is 10.5 Å². The third-order valence-electron chi connectivity index (χ3n) is 5.15. The molecule has 3 amide bonds. The predicted molar refractivity (Wildman–Crippen MR) is 125 cm³/mol. The van der Waals surface area contributed by atoms with Crippen molar-refractivity contribution in [3.05, 3.63) is 107 Å². The van der Waals surface area contributed by atoms with Crippen molar-refractivity contribution in [2.24, 2.45) is 5.73 Å². The number of hydrogen-bond acceptors (Lipinski definition) is 4. The highest BCUT2D eigenvalue weighted by molar-refractivity contribution is 5.91. The van der Waals surface area contributed by atoms with Crippen molar-refractivity contribution in [3.8, 4) is 0 Å². The summed E-state index contributed by atoms with van der Waals surface area (Å²) < 4.78 is 19.3. The third kappa shape index (κ3) is 7.44. The summed E-state index contributed by atoms with van der Waals surface area (Å²) in [5.74, 6) is -1.96. The summed E-state index contributed by atoms with van der Waals surface area (Å²) in [4.78, 5) is 37.5. The Kier molecular flexibility index (Phi) is 8.73. The van der Waals surface area contributed by atoms with Crippen LogP contribution in [0.5, 0.6) is 0 Å². The van der Waals surface area contributed by atoms with Crippen molar-refractivity contribution in [2.75, 3.05) is 0 Å². The lowest BCUT2D eigenvalue weighted by atomic mass is 10.0. The molecule has 0 radical (unpaired) electrons. The monoisotopic (exact) mass is 463 g/mol. The molecule has 0 aliphatic rings. The molecule has 3 aromatic carbocycles. The Morgan fingerprint density at radius 3 is 1.97 bits per heavy atom. The summed E-state index contributed by atoms with van der Waals surface area (Å²) in [6.45, 7) is 0.0313. The number of halogens is 1. The molecule has 0 bridgehead atoms. The number of primary amides is 1. The van der Waals surface area contributed by atoms with Crippen LogP contribution in [0.15, 0.2) is 84.9 Å². The maximum Gasteiger partial charge on any atom is 0.408 e. The van der Waals surface area contributed by atoms with Gasteiger partial charge < -0.3 is 21.1 Å². The molecule has 0 spiro atoms. The summed E-state index contributed by atoms with van der Waals surface area (Å²) >= 11 is 0. The molecule has 0 aromatic heterocycles. The van der Waals surface area contributed by atoms with Crippen molar-refractivity contribution in [2.45, 2.75) is 31.5 Å². The number of ether oxygens (including phenoxy) is 1. The standard InChI is InChI=1S/C26H26FN3O4/c27-21-14-8-7-13-20(21)16-22(24(28)31)29-25(32)23(15-18-9-3-1-4-10-18)30-26(33)34-17-19-11-5-2-6-12-19/h1-14,22-23H,15-17H2,(H2,28,31)(H,29,32)(H,30,33)/t22-,23-/m0/s1. The molecule has 0 heterocycles. The van der Waals surface area contributed by atoms with E-state index in [1.807, 2.05) is 60.7 Å². The molecular formula is C26H26FN3O4. The van der Waals surface area contributed by atoms with E-state index < -0.39 is 35.8 Å². The van der Waals surface area contributed by atoms with Crippen molar-refractivity contribution in [3.63, 3.8) is 0 Å². The van der Waals surface area contributed by atoms with E-state index in [1.54, 1.807) is 6.07 Å². The van der Waals surface area contributed by atoms with Gasteiger partial charge in [0, 0.05) is 12.8 Å². The van der Waals surface area contributed by atoms with Crippen LogP contribution in [0.3, 0.4) is 0 Å². The van der Waals surface area contributed by atoms with E-state index in [0.717, 1.165) is 11.1 Å². The second kappa shape index (κ2) is 12.2. The van der Waals surface area contributed by atoms with Crippen LogP contribution in [0.25, 0.3) is 0 Å². The first-order valence-corrected chi connectivity index (χ1v) is 10.8. The molecule has 0 saturated carbocycles. The smallest absolute Gasteiger partial charge is 0.408 e. The van der Waals surface area contributed by atoms with Gasteiger partial charge >= 0.3 is 6.09 Å². The van der Waals surface area contributed by atoms with Gasteiger partial charge in [0.1, 0.15) is 24.5 Å². The molecular weight excluding hydrogens is 437 g/mol. The van der Waals surface area contributed by atoms with Crippen molar-refractivity contribution in [1.82, 2.24) is 10.6 Å². The largest absolute Gasteiger partial charge is 0.445 e. The highest BCUT2D eigenvalue weighted by Crippen LogP contribution is 2.10. The zero-order chi connectivity index (χ0) is 24.3. The fourth-order valence-corrected chi connectivity index (χ4v) is 3.35. The normalized spacial score (nSPS) is 12.3. The number of alkyl carbamates (subject to hydrolysis) is 1. The number of hydrogen-bond donors (Lipinski definition) is 3. The Bertz CT molecular complexity index is 1110. The molecule has 0 fully saturated rings. The van der Waals surface area contributed by atoms with Crippen LogP contribution in [-0.4, -0.2) is 30.0 Å². The SMILES string of the molecule is NC(=O)[C@H](Cc1ccccc1F)NC(=O)[C@H](Cc1ccccc1)NC(=O)OCc1ccccc1. The maximum absolute atomic E-state index is 14.1. The molecule has 4 N–H and O–H groups in total. The lowest BCUT2D eigenvalue weighted by molar-refractivity contribution is -0.128. The highest BCUT2D eigenvalue weighted by atomic mass is 19.1. The first kappa shape index (κ1) is 24.4. The molecule has 0 saturated heterocycles. The van der Waals surface area contributed by atoms with Gasteiger partial charge in [0.25, 0.3) is 0 Å². The van der Waals surface area contributed by atoms with E-state index in [0.29, 0.717) is 0 Å². The van der Waals surface area contributed by atoms with Crippen LogP contribution in [0, 0.1) is 5.82 Å². The summed E-state index contributed by atoms with van der Waals surface area (Å²) in [6, 6.07) is 21.9. The lowest BCUT2D eigenvalue weighted by Crippen LogP contribution is -2.54. The van der Waals surface area contributed by atoms with Gasteiger partial charge in [-0.2, -0.15) is 0 Å². The van der Waals surface area contributed by atoms with E-state index in [9.17, 15) is 18.8 Å². The van der Waals surface area contributed by atoms with Gasteiger partial charge in [-0.15, -0.1) is 0 Å². The third-order valence-corrected chi connectivity index (χ3v) is 5.15. The van der Waals surface area contributed by atoms with Gasteiger partial charge in [-0.3, -0.25) is 9.59 Å². The lowest BCUT2D eigenvalue weighted by Gasteiger charge is -2.22. The van der Waals surface area contributed by atoms with Crippen LogP contribution in [0.4, 0.5) is 9.18 Å². The van der Waals surface area contributed by atoms with Crippen LogP contribution >= 0.6 is 0 Å². The molecule has 3 aromatic rings. The first-order chi connectivity index (χ1) is 16.4. The molecule has 34 heavy (non-hydrogen) atoms. The average Bonchev–Trinajstić information content (AvgIpc) is 2.84. The maximum atomic E-state index is 14.1. The fourth-order valence-electron chi connectivity index (χ4n) is 3.35. The molecule has 2 atom stereocenters. The van der Waals surface area contributed by atoms with Gasteiger partial charge in [-0.25, -0.2) is 9.18 Å². The number of nitrogens with two attached hydrogens (primary N) is 1. The van der Waals surface area contributed by atoms with E-state index >= 15 is 0 Å². The van der Waals surface area contributed by atoms with Gasteiger partial charge in [0.05, 0.1) is 0 Å². The Labute approximate surface area is 197 Å². The highest BCUT2D eigenvalue weighted by Gasteiger charge is 2.27. The average molecular weight is 464 g/mol. The van der Waals surface area contributed by atoms with Gasteiger partial charge in [0.2, 0.25) is 11.8 Å². The molecule has 0 aliphatic heterocycles. The van der Waals surface area contributed by atoms with E-state index in [-0.39, 0.29) is 25.0 Å². The summed E-state index contributed by atoms with van der Waals surface area (Å²) in [7, 11) is 0. The zero-order valence-electron chi connectivity index (χ0n) is 18.4. The van der Waals surface area contributed by atoms with Crippen LogP contribution < -0.4 is 16.4 Å². The minimum Gasteiger partial charge on any atom is -0.445 e. The Hall–Kier alpha value is -4.20. The number of benzene rings is 3. The Balaban J connectivity index is 1.70. The van der Waals surface area contributed by atoms with Gasteiger partial charge in [0.15, 0.2) is 0 Å². The predicted octanol–water partition coefficient (Wildman–Crippen LogP) is 2.88.